The predicted molar refractivity (Wildman–Crippen MR) is 135 cm³/mol. The lowest BCUT2D eigenvalue weighted by Gasteiger charge is -2.16. The first-order valence-corrected chi connectivity index (χ1v) is 11.8. The Morgan fingerprint density at radius 3 is 1.80 bits per heavy atom. The van der Waals surface area contributed by atoms with Gasteiger partial charge in [-0.3, -0.25) is 0 Å². The van der Waals surface area contributed by atoms with Crippen LogP contribution in [0.5, 0.6) is 0 Å². The van der Waals surface area contributed by atoms with Gasteiger partial charge in [0.1, 0.15) is 0 Å². The maximum atomic E-state index is 4.48. The molecule has 2 aromatic rings. The van der Waals surface area contributed by atoms with E-state index in [0.717, 1.165) is 30.8 Å². The second kappa shape index (κ2) is 11.3. The highest BCUT2D eigenvalue weighted by Gasteiger charge is 2.13. The zero-order valence-electron chi connectivity index (χ0n) is 20.3. The van der Waals surface area contributed by atoms with Crippen LogP contribution in [0.2, 0.25) is 0 Å². The minimum Gasteiger partial charge on any atom is -0.0996 e. The smallest absolute Gasteiger partial charge is 0.0152 e. The van der Waals surface area contributed by atoms with Crippen LogP contribution in [0.15, 0.2) is 55.1 Å². The molecule has 0 aromatic heterocycles. The van der Waals surface area contributed by atoms with Crippen molar-refractivity contribution in [1.29, 1.82) is 0 Å². The predicted octanol–water partition coefficient (Wildman–Crippen LogP) is 8.88. The van der Waals surface area contributed by atoms with Crippen LogP contribution in [0.1, 0.15) is 86.8 Å². The topological polar surface area (TPSA) is 0 Å². The molecule has 0 amide bonds. The summed E-state index contributed by atoms with van der Waals surface area (Å²) in [6, 6.07) is 13.8. The summed E-state index contributed by atoms with van der Waals surface area (Å²) in [6.07, 6.45) is 7.09. The number of rotatable bonds is 0. The molecular formula is C30H42. The fourth-order valence-corrected chi connectivity index (χ4v) is 3.98. The van der Waals surface area contributed by atoms with Crippen LogP contribution in [-0.4, -0.2) is 0 Å². The van der Waals surface area contributed by atoms with Crippen molar-refractivity contribution in [2.24, 2.45) is 11.8 Å². The van der Waals surface area contributed by atoms with Gasteiger partial charge in [0, 0.05) is 0 Å². The number of hydrogen-bond donors (Lipinski definition) is 0. The highest BCUT2D eigenvalue weighted by molar-refractivity contribution is 5.81. The molecule has 4 bridgehead atoms. The molecule has 0 fully saturated rings. The largest absolute Gasteiger partial charge is 0.0996 e. The van der Waals surface area contributed by atoms with Gasteiger partial charge in [0.05, 0.1) is 0 Å². The molecule has 0 spiro atoms. The van der Waals surface area contributed by atoms with E-state index in [2.05, 4.69) is 91.1 Å². The second-order valence-corrected chi connectivity index (χ2v) is 9.81. The third kappa shape index (κ3) is 7.01. The molecule has 1 atom stereocenters. The molecule has 3 rings (SSSR count). The van der Waals surface area contributed by atoms with Crippen LogP contribution >= 0.6 is 0 Å². The molecule has 1 aliphatic rings. The Bertz CT molecular complexity index is 863. The first-order valence-electron chi connectivity index (χ1n) is 11.8. The number of benzene rings is 2. The van der Waals surface area contributed by atoms with Crippen LogP contribution < -0.4 is 0 Å². The SMILES string of the molecule is C=C1c2cc(ccc2C)CCCCC(C)C(=C)CCc2ccc(C)c1c2.CC(C)C. The van der Waals surface area contributed by atoms with E-state index in [1.54, 1.807) is 0 Å². The second-order valence-electron chi connectivity index (χ2n) is 9.81. The Labute approximate surface area is 186 Å². The summed E-state index contributed by atoms with van der Waals surface area (Å²) in [5.41, 5.74) is 10.6. The quantitative estimate of drug-likeness (QED) is 0.386. The zero-order valence-corrected chi connectivity index (χ0v) is 20.3. The molecule has 0 radical (unpaired) electrons. The summed E-state index contributed by atoms with van der Waals surface area (Å²) in [6.45, 7) is 22.1. The normalized spacial score (nSPS) is 17.6. The Balaban J connectivity index is 0.000000735. The number of fused-ring (bicyclic) bond motifs is 4. The number of hydrogen-bond acceptors (Lipinski definition) is 0. The summed E-state index contributed by atoms with van der Waals surface area (Å²) in [7, 11) is 0. The van der Waals surface area contributed by atoms with Crippen LogP contribution in [0.4, 0.5) is 0 Å². The third-order valence-electron chi connectivity index (χ3n) is 6.04. The molecule has 0 N–H and O–H groups in total. The third-order valence-corrected chi connectivity index (χ3v) is 6.04. The molecule has 0 saturated heterocycles. The van der Waals surface area contributed by atoms with Crippen molar-refractivity contribution in [2.75, 3.05) is 0 Å². The molecule has 1 aliphatic carbocycles. The summed E-state index contributed by atoms with van der Waals surface area (Å²) in [5.74, 6) is 1.45. The highest BCUT2D eigenvalue weighted by atomic mass is 14.2. The lowest BCUT2D eigenvalue weighted by Crippen LogP contribution is -2.01. The molecule has 1 unspecified atom stereocenters. The molecule has 0 heterocycles. The monoisotopic (exact) mass is 402 g/mol. The minimum atomic E-state index is 0.619. The first kappa shape index (κ1) is 24.2. The van der Waals surface area contributed by atoms with Gasteiger partial charge >= 0.3 is 0 Å². The molecular weight excluding hydrogens is 360 g/mol. The van der Waals surface area contributed by atoms with Crippen LogP contribution in [0, 0.1) is 25.7 Å². The van der Waals surface area contributed by atoms with E-state index >= 15 is 0 Å². The van der Waals surface area contributed by atoms with Crippen molar-refractivity contribution in [3.63, 3.8) is 0 Å². The van der Waals surface area contributed by atoms with Crippen LogP contribution in [-0.2, 0) is 12.8 Å². The molecule has 30 heavy (non-hydrogen) atoms. The van der Waals surface area contributed by atoms with Gasteiger partial charge in [-0.25, -0.2) is 0 Å². The molecule has 0 aliphatic heterocycles. The first-order chi connectivity index (χ1) is 14.2. The maximum Gasteiger partial charge on any atom is -0.0152 e. The standard InChI is InChI=1S/C26H32.C4H10/c1-18-8-6-7-9-23-14-11-20(3)25(16-23)22(5)26-17-24(13-10-19(18)2)15-12-21(26)4;1-4(2)3/h11-12,14-18H,2,5-10,13H2,1,3-4H3;4H,1-3H3. The number of allylic oxidation sites excluding steroid dienone is 1. The van der Waals surface area contributed by atoms with E-state index < -0.39 is 0 Å². The summed E-state index contributed by atoms with van der Waals surface area (Å²) < 4.78 is 0. The van der Waals surface area contributed by atoms with Gasteiger partial charge in [-0.2, -0.15) is 0 Å². The van der Waals surface area contributed by atoms with Gasteiger partial charge in [0.25, 0.3) is 0 Å². The van der Waals surface area contributed by atoms with E-state index in [1.165, 1.54) is 58.2 Å². The molecule has 0 nitrogen and oxygen atoms in total. The van der Waals surface area contributed by atoms with Gasteiger partial charge in [-0.05, 0) is 96.7 Å². The fraction of sp³-hybridized carbons (Fsp3) is 0.467. The Kier molecular flexibility index (Phi) is 9.15. The Morgan fingerprint density at radius 1 is 0.767 bits per heavy atom. The van der Waals surface area contributed by atoms with Gasteiger partial charge in [-0.15, -0.1) is 0 Å². The lowest BCUT2D eigenvalue weighted by atomic mass is 9.89. The van der Waals surface area contributed by atoms with E-state index in [1.807, 2.05) is 0 Å². The van der Waals surface area contributed by atoms with Crippen molar-refractivity contribution in [3.8, 4) is 0 Å². The van der Waals surface area contributed by atoms with Gasteiger partial charge < -0.3 is 0 Å². The molecule has 0 heteroatoms. The van der Waals surface area contributed by atoms with Crippen molar-refractivity contribution in [2.45, 2.75) is 80.1 Å². The number of aryl methyl sites for hydroxylation is 4. The molecule has 162 valence electrons. The maximum absolute atomic E-state index is 4.48. The lowest BCUT2D eigenvalue weighted by molar-refractivity contribution is 0.544. The van der Waals surface area contributed by atoms with Crippen molar-refractivity contribution in [3.05, 3.63) is 88.5 Å². The summed E-state index contributed by atoms with van der Waals surface area (Å²) in [4.78, 5) is 0. The van der Waals surface area contributed by atoms with Crippen LogP contribution in [0.3, 0.4) is 0 Å². The van der Waals surface area contributed by atoms with Gasteiger partial charge in [-0.1, -0.05) is 89.2 Å². The van der Waals surface area contributed by atoms with Gasteiger partial charge in [0.15, 0.2) is 0 Å². The zero-order chi connectivity index (χ0) is 22.3. The van der Waals surface area contributed by atoms with Crippen LogP contribution in [0.25, 0.3) is 5.57 Å². The van der Waals surface area contributed by atoms with Crippen molar-refractivity contribution in [1.82, 2.24) is 0 Å². The van der Waals surface area contributed by atoms with E-state index in [9.17, 15) is 0 Å². The molecule has 0 saturated carbocycles. The Hall–Kier alpha value is -2.08. The van der Waals surface area contributed by atoms with Crippen molar-refractivity contribution < 1.29 is 0 Å². The minimum absolute atomic E-state index is 0.619. The van der Waals surface area contributed by atoms with E-state index in [-0.39, 0.29) is 0 Å². The highest BCUT2D eigenvalue weighted by Crippen LogP contribution is 2.30. The van der Waals surface area contributed by atoms with Crippen molar-refractivity contribution >= 4 is 5.57 Å². The summed E-state index contributed by atoms with van der Waals surface area (Å²) >= 11 is 0. The average molecular weight is 403 g/mol. The Morgan fingerprint density at radius 2 is 1.27 bits per heavy atom. The molecule has 2 aromatic carbocycles. The fourth-order valence-electron chi connectivity index (χ4n) is 3.98. The average Bonchev–Trinajstić information content (AvgIpc) is 2.70. The van der Waals surface area contributed by atoms with E-state index in [4.69, 9.17) is 0 Å². The summed E-state index contributed by atoms with van der Waals surface area (Å²) in [5, 5.41) is 0. The van der Waals surface area contributed by atoms with E-state index in [0.29, 0.717) is 5.92 Å². The van der Waals surface area contributed by atoms with Gasteiger partial charge in [0.2, 0.25) is 0 Å².